The third kappa shape index (κ3) is 5.94. The summed E-state index contributed by atoms with van der Waals surface area (Å²) in [6.45, 7) is -0.192. The predicted molar refractivity (Wildman–Crippen MR) is 110 cm³/mol. The third-order valence-electron chi connectivity index (χ3n) is 4.59. The first-order valence-corrected chi connectivity index (χ1v) is 11.1. The Labute approximate surface area is 179 Å². The van der Waals surface area contributed by atoms with E-state index in [-0.39, 0.29) is 30.5 Å². The van der Waals surface area contributed by atoms with Crippen molar-refractivity contribution in [1.29, 1.82) is 0 Å². The van der Waals surface area contributed by atoms with Gasteiger partial charge in [-0.15, -0.1) is 0 Å². The van der Waals surface area contributed by atoms with E-state index in [1.165, 1.54) is 24.3 Å². The number of hydrogen-bond donors (Lipinski definition) is 3. The van der Waals surface area contributed by atoms with Crippen LogP contribution in [0, 0.1) is 0 Å². The van der Waals surface area contributed by atoms with E-state index in [1.54, 1.807) is 12.1 Å². The zero-order valence-electron chi connectivity index (χ0n) is 15.9. The molecule has 0 radical (unpaired) electrons. The molecular weight excluding hydrogens is 432 g/mol. The number of rotatable bonds is 9. The molecule has 0 aromatic heterocycles. The third-order valence-corrected chi connectivity index (χ3v) is 6.38. The van der Waals surface area contributed by atoms with Gasteiger partial charge in [0.15, 0.2) is 6.61 Å². The van der Waals surface area contributed by atoms with Gasteiger partial charge in [-0.05, 0) is 60.4 Å². The summed E-state index contributed by atoms with van der Waals surface area (Å²) in [7, 11) is -3.66. The maximum absolute atomic E-state index is 12.6. The molecule has 0 bridgehead atoms. The molecule has 2 aromatic carbocycles. The first kappa shape index (κ1) is 22.1. The lowest BCUT2D eigenvalue weighted by atomic mass is 10.1. The number of amides is 1. The van der Waals surface area contributed by atoms with E-state index in [0.29, 0.717) is 23.6 Å². The van der Waals surface area contributed by atoms with Crippen molar-refractivity contribution in [3.8, 4) is 5.75 Å². The molecule has 3 N–H and O–H groups in total. The van der Waals surface area contributed by atoms with Crippen LogP contribution in [0.1, 0.15) is 17.5 Å². The van der Waals surface area contributed by atoms with Crippen molar-refractivity contribution in [3.63, 3.8) is 0 Å². The van der Waals surface area contributed by atoms with E-state index in [9.17, 15) is 18.0 Å². The fourth-order valence-corrected chi connectivity index (χ4v) is 4.54. The van der Waals surface area contributed by atoms with Gasteiger partial charge in [0.1, 0.15) is 5.75 Å². The minimum atomic E-state index is -3.66. The Morgan fingerprint density at radius 2 is 1.80 bits per heavy atom. The number of carbonyl (C=O) groups excluding carboxylic acids is 1. The van der Waals surface area contributed by atoms with Gasteiger partial charge in [0.25, 0.3) is 5.91 Å². The summed E-state index contributed by atoms with van der Waals surface area (Å²) in [5.74, 6) is -0.912. The molecule has 160 valence electrons. The van der Waals surface area contributed by atoms with Crippen LogP contribution in [0.15, 0.2) is 47.4 Å². The van der Waals surface area contributed by atoms with Gasteiger partial charge in [0.05, 0.1) is 11.3 Å². The number of nitrogens with one attached hydrogen (secondary N) is 2. The summed E-state index contributed by atoms with van der Waals surface area (Å²) in [5.41, 5.74) is 1.96. The highest BCUT2D eigenvalue weighted by Gasteiger charge is 2.27. The lowest BCUT2D eigenvalue weighted by Gasteiger charge is -2.12. The van der Waals surface area contributed by atoms with E-state index in [1.807, 2.05) is 6.07 Å². The van der Waals surface area contributed by atoms with Crippen LogP contribution in [0.4, 0.5) is 0 Å². The number of sulfonamides is 1. The SMILES string of the molecule is O=C(O)CCNC(=O)COc1ccc2c(c1)CC(NS(=O)(=O)c1ccc(Cl)cc1)C2. The fraction of sp³-hybridized carbons (Fsp3) is 0.300. The van der Waals surface area contributed by atoms with Gasteiger partial charge >= 0.3 is 5.97 Å². The van der Waals surface area contributed by atoms with E-state index in [4.69, 9.17) is 21.4 Å². The van der Waals surface area contributed by atoms with Crippen LogP contribution >= 0.6 is 11.6 Å². The molecule has 2 aromatic rings. The highest BCUT2D eigenvalue weighted by molar-refractivity contribution is 7.89. The minimum Gasteiger partial charge on any atom is -0.484 e. The molecule has 1 atom stereocenters. The second kappa shape index (κ2) is 9.46. The molecule has 0 heterocycles. The minimum absolute atomic E-state index is 0.0388. The van der Waals surface area contributed by atoms with Crippen molar-refractivity contribution in [3.05, 3.63) is 58.6 Å². The van der Waals surface area contributed by atoms with E-state index >= 15 is 0 Å². The second-order valence-electron chi connectivity index (χ2n) is 6.89. The van der Waals surface area contributed by atoms with Gasteiger partial charge < -0.3 is 15.2 Å². The lowest BCUT2D eigenvalue weighted by molar-refractivity contribution is -0.137. The van der Waals surface area contributed by atoms with Crippen molar-refractivity contribution >= 4 is 33.5 Å². The Morgan fingerprint density at radius 1 is 1.10 bits per heavy atom. The number of halogens is 1. The number of carbonyl (C=O) groups is 2. The summed E-state index contributed by atoms with van der Waals surface area (Å²) in [6, 6.07) is 11.1. The summed E-state index contributed by atoms with van der Waals surface area (Å²) < 4.78 is 33.3. The Bertz CT molecular complexity index is 1040. The zero-order valence-corrected chi connectivity index (χ0v) is 17.5. The zero-order chi connectivity index (χ0) is 21.7. The van der Waals surface area contributed by atoms with Crippen molar-refractivity contribution in [2.24, 2.45) is 0 Å². The molecule has 10 heteroatoms. The molecule has 0 aliphatic heterocycles. The summed E-state index contributed by atoms with van der Waals surface area (Å²) in [4.78, 5) is 22.3. The largest absolute Gasteiger partial charge is 0.484 e. The Hall–Kier alpha value is -2.62. The normalized spacial score (nSPS) is 15.4. The van der Waals surface area contributed by atoms with Gasteiger partial charge in [-0.1, -0.05) is 17.7 Å². The van der Waals surface area contributed by atoms with Crippen LogP contribution in [0.25, 0.3) is 0 Å². The highest BCUT2D eigenvalue weighted by atomic mass is 35.5. The van der Waals surface area contributed by atoms with Crippen LogP contribution in [0.5, 0.6) is 5.75 Å². The summed E-state index contributed by atoms with van der Waals surface area (Å²) >= 11 is 5.81. The second-order valence-corrected chi connectivity index (χ2v) is 9.04. The molecule has 30 heavy (non-hydrogen) atoms. The number of hydrogen-bond acceptors (Lipinski definition) is 5. The molecule has 0 fully saturated rings. The molecule has 1 aliphatic rings. The van der Waals surface area contributed by atoms with Crippen molar-refractivity contribution in [2.75, 3.05) is 13.2 Å². The topological polar surface area (TPSA) is 122 Å². The molecule has 1 amide bonds. The molecule has 8 nitrogen and oxygen atoms in total. The Balaban J connectivity index is 1.55. The van der Waals surface area contributed by atoms with Crippen LogP contribution in [0.2, 0.25) is 5.02 Å². The van der Waals surface area contributed by atoms with Gasteiger partial charge in [0, 0.05) is 17.6 Å². The number of aliphatic carboxylic acids is 1. The van der Waals surface area contributed by atoms with Crippen molar-refractivity contribution < 1.29 is 27.9 Å². The Morgan fingerprint density at radius 3 is 2.50 bits per heavy atom. The maximum Gasteiger partial charge on any atom is 0.305 e. The number of benzene rings is 2. The van der Waals surface area contributed by atoms with Gasteiger partial charge in [0.2, 0.25) is 10.0 Å². The maximum atomic E-state index is 12.6. The number of carboxylic acids is 1. The number of fused-ring (bicyclic) bond motifs is 1. The Kier molecular flexibility index (Phi) is 6.96. The lowest BCUT2D eigenvalue weighted by Crippen LogP contribution is -2.35. The van der Waals surface area contributed by atoms with Gasteiger partial charge in [-0.25, -0.2) is 13.1 Å². The predicted octanol–water partition coefficient (Wildman–Crippen LogP) is 1.76. The van der Waals surface area contributed by atoms with Crippen LogP contribution < -0.4 is 14.8 Å². The molecule has 0 saturated carbocycles. The summed E-state index contributed by atoms with van der Waals surface area (Å²) in [5, 5.41) is 11.5. The van der Waals surface area contributed by atoms with Crippen molar-refractivity contribution in [2.45, 2.75) is 30.2 Å². The van der Waals surface area contributed by atoms with E-state index in [0.717, 1.165) is 11.1 Å². The molecule has 1 unspecified atom stereocenters. The quantitative estimate of drug-likeness (QED) is 0.533. The molecular formula is C20H21ClN2O6S. The standard InChI is InChI=1S/C20H21ClN2O6S/c21-15-2-5-18(6-3-15)30(27,28)23-16-9-13-1-4-17(11-14(13)10-16)29-12-19(24)22-8-7-20(25)26/h1-6,11,16,23H,7-10,12H2,(H,22,24)(H,25,26). The number of ether oxygens (including phenoxy) is 1. The molecule has 1 aliphatic carbocycles. The average molecular weight is 453 g/mol. The first-order chi connectivity index (χ1) is 14.2. The molecule has 0 saturated heterocycles. The van der Waals surface area contributed by atoms with E-state index in [2.05, 4.69) is 10.0 Å². The molecule has 3 rings (SSSR count). The summed E-state index contributed by atoms with van der Waals surface area (Å²) in [6.07, 6.45) is 0.903. The monoisotopic (exact) mass is 452 g/mol. The van der Waals surface area contributed by atoms with Crippen molar-refractivity contribution in [1.82, 2.24) is 10.0 Å². The van der Waals surface area contributed by atoms with Gasteiger partial charge in [-0.2, -0.15) is 0 Å². The van der Waals surface area contributed by atoms with Crippen LogP contribution in [-0.4, -0.2) is 44.6 Å². The highest BCUT2D eigenvalue weighted by Crippen LogP contribution is 2.27. The van der Waals surface area contributed by atoms with Crippen LogP contribution in [0.3, 0.4) is 0 Å². The molecule has 0 spiro atoms. The van der Waals surface area contributed by atoms with E-state index < -0.39 is 21.9 Å². The van der Waals surface area contributed by atoms with Crippen LogP contribution in [-0.2, 0) is 32.5 Å². The fourth-order valence-electron chi connectivity index (χ4n) is 3.18. The number of carboxylic acid groups (broad SMARTS) is 1. The average Bonchev–Trinajstić information content (AvgIpc) is 3.07. The first-order valence-electron chi connectivity index (χ1n) is 9.24. The van der Waals surface area contributed by atoms with Gasteiger partial charge in [-0.3, -0.25) is 9.59 Å². The smallest absolute Gasteiger partial charge is 0.305 e.